The Balaban J connectivity index is 1.85. The van der Waals surface area contributed by atoms with Crippen LogP contribution >= 0.6 is 22.9 Å². The Morgan fingerprint density at radius 3 is 2.50 bits per heavy atom. The van der Waals surface area contributed by atoms with Gasteiger partial charge in [0.05, 0.1) is 5.69 Å². The van der Waals surface area contributed by atoms with E-state index in [1.165, 1.54) is 10.3 Å². The van der Waals surface area contributed by atoms with E-state index >= 15 is 0 Å². The quantitative estimate of drug-likeness (QED) is 0.838. The van der Waals surface area contributed by atoms with Gasteiger partial charge in [0.2, 0.25) is 0 Å². The zero-order valence-electron chi connectivity index (χ0n) is 11.6. The Kier molecular flexibility index (Phi) is 4.14. The molecule has 0 bridgehead atoms. The SMILES string of the molecule is O=C(N1CCCC1)C(F)(F)c1nc(-c2ccc(Cl)cc2)cs1. The molecule has 0 aliphatic carbocycles. The highest BCUT2D eigenvalue weighted by atomic mass is 35.5. The molecule has 1 aromatic heterocycles. The number of hydrogen-bond donors (Lipinski definition) is 0. The van der Waals surface area contributed by atoms with Crippen LogP contribution in [0.1, 0.15) is 17.8 Å². The molecule has 7 heteroatoms. The summed E-state index contributed by atoms with van der Waals surface area (Å²) in [5.41, 5.74) is 1.11. The molecule has 1 aliphatic heterocycles. The summed E-state index contributed by atoms with van der Waals surface area (Å²) in [4.78, 5) is 17.1. The molecule has 1 aromatic carbocycles. The molecule has 0 radical (unpaired) electrons. The first kappa shape index (κ1) is 15.4. The molecule has 0 N–H and O–H groups in total. The van der Waals surface area contributed by atoms with Gasteiger partial charge in [0.1, 0.15) is 0 Å². The normalized spacial score (nSPS) is 15.3. The van der Waals surface area contributed by atoms with E-state index in [2.05, 4.69) is 4.98 Å². The van der Waals surface area contributed by atoms with Crippen molar-refractivity contribution in [2.75, 3.05) is 13.1 Å². The molecule has 0 spiro atoms. The van der Waals surface area contributed by atoms with Crippen molar-refractivity contribution in [3.8, 4) is 11.3 Å². The molecule has 0 saturated carbocycles. The van der Waals surface area contributed by atoms with E-state index in [-0.39, 0.29) is 0 Å². The number of benzene rings is 1. The van der Waals surface area contributed by atoms with Gasteiger partial charge in [-0.3, -0.25) is 4.79 Å². The van der Waals surface area contributed by atoms with Crippen LogP contribution in [0, 0.1) is 0 Å². The summed E-state index contributed by atoms with van der Waals surface area (Å²) in [5.74, 6) is -4.72. The van der Waals surface area contributed by atoms with E-state index in [0.29, 0.717) is 29.4 Å². The molecular weight excluding hydrogens is 330 g/mol. The van der Waals surface area contributed by atoms with E-state index in [1.54, 1.807) is 24.3 Å². The van der Waals surface area contributed by atoms with Crippen LogP contribution in [-0.2, 0) is 10.7 Å². The Morgan fingerprint density at radius 1 is 1.23 bits per heavy atom. The number of thiazole rings is 1. The number of likely N-dealkylation sites (tertiary alicyclic amines) is 1. The maximum absolute atomic E-state index is 14.3. The Bertz CT molecular complexity index is 681. The minimum atomic E-state index is -3.57. The lowest BCUT2D eigenvalue weighted by Gasteiger charge is -2.20. The average molecular weight is 343 g/mol. The number of amides is 1. The van der Waals surface area contributed by atoms with E-state index < -0.39 is 16.8 Å². The lowest BCUT2D eigenvalue weighted by atomic mass is 10.2. The van der Waals surface area contributed by atoms with Crippen molar-refractivity contribution in [1.82, 2.24) is 9.88 Å². The highest BCUT2D eigenvalue weighted by Crippen LogP contribution is 2.35. The summed E-state index contributed by atoms with van der Waals surface area (Å²) < 4.78 is 28.7. The molecule has 3 rings (SSSR count). The number of carbonyl (C=O) groups is 1. The van der Waals surface area contributed by atoms with Gasteiger partial charge < -0.3 is 4.90 Å². The summed E-state index contributed by atoms with van der Waals surface area (Å²) in [6.45, 7) is 0.785. The summed E-state index contributed by atoms with van der Waals surface area (Å²) in [6.07, 6.45) is 1.55. The van der Waals surface area contributed by atoms with Gasteiger partial charge in [-0.25, -0.2) is 4.98 Å². The van der Waals surface area contributed by atoms with Crippen molar-refractivity contribution in [2.45, 2.75) is 18.8 Å². The van der Waals surface area contributed by atoms with Gasteiger partial charge in [-0.2, -0.15) is 8.78 Å². The van der Waals surface area contributed by atoms with Crippen LogP contribution < -0.4 is 0 Å². The fourth-order valence-electron chi connectivity index (χ4n) is 2.38. The molecule has 3 nitrogen and oxygen atoms in total. The Labute approximate surface area is 135 Å². The first-order valence-electron chi connectivity index (χ1n) is 6.87. The second kappa shape index (κ2) is 5.93. The molecule has 2 aromatic rings. The van der Waals surface area contributed by atoms with Gasteiger partial charge in [0.15, 0.2) is 5.01 Å². The van der Waals surface area contributed by atoms with Gasteiger partial charge >= 0.3 is 11.8 Å². The average Bonchev–Trinajstić information content (AvgIpc) is 3.19. The van der Waals surface area contributed by atoms with Gasteiger partial charge in [-0.05, 0) is 25.0 Å². The standard InChI is InChI=1S/C15H13ClF2N2OS/c16-11-5-3-10(4-6-11)12-9-22-13(19-12)15(17,18)14(21)20-7-1-2-8-20/h3-6,9H,1-2,7-8H2. The van der Waals surface area contributed by atoms with Crippen LogP contribution in [0.3, 0.4) is 0 Å². The summed E-state index contributed by atoms with van der Waals surface area (Å²) >= 11 is 6.60. The first-order chi connectivity index (χ1) is 10.5. The number of nitrogens with zero attached hydrogens (tertiary/aromatic N) is 2. The molecule has 1 amide bonds. The number of halogens is 3. The maximum Gasteiger partial charge on any atom is 0.375 e. The molecule has 116 valence electrons. The molecule has 1 fully saturated rings. The van der Waals surface area contributed by atoms with Crippen molar-refractivity contribution in [3.05, 3.63) is 39.7 Å². The van der Waals surface area contributed by atoms with Gasteiger partial charge in [-0.1, -0.05) is 23.7 Å². The number of aromatic nitrogens is 1. The smallest absolute Gasteiger partial charge is 0.337 e. The highest BCUT2D eigenvalue weighted by molar-refractivity contribution is 7.10. The lowest BCUT2D eigenvalue weighted by Crippen LogP contribution is -2.40. The second-order valence-corrected chi connectivity index (χ2v) is 6.41. The predicted octanol–water partition coefficient (Wildman–Crippen LogP) is 4.18. The summed E-state index contributed by atoms with van der Waals surface area (Å²) in [7, 11) is 0. The van der Waals surface area contributed by atoms with E-state index in [9.17, 15) is 13.6 Å². The van der Waals surface area contributed by atoms with E-state index in [4.69, 9.17) is 11.6 Å². The molecule has 1 aliphatic rings. The molecule has 22 heavy (non-hydrogen) atoms. The second-order valence-electron chi connectivity index (χ2n) is 5.12. The maximum atomic E-state index is 14.3. The predicted molar refractivity (Wildman–Crippen MR) is 82.3 cm³/mol. The fraction of sp³-hybridized carbons (Fsp3) is 0.333. The minimum Gasteiger partial charge on any atom is -0.337 e. The van der Waals surface area contributed by atoms with Crippen molar-refractivity contribution in [2.24, 2.45) is 0 Å². The van der Waals surface area contributed by atoms with Gasteiger partial charge in [0.25, 0.3) is 0 Å². The monoisotopic (exact) mass is 342 g/mol. The van der Waals surface area contributed by atoms with Crippen molar-refractivity contribution in [1.29, 1.82) is 0 Å². The van der Waals surface area contributed by atoms with Gasteiger partial charge in [0, 0.05) is 29.1 Å². The number of hydrogen-bond acceptors (Lipinski definition) is 3. The van der Waals surface area contributed by atoms with Crippen molar-refractivity contribution in [3.63, 3.8) is 0 Å². The summed E-state index contributed by atoms with van der Waals surface area (Å²) in [5, 5.41) is 1.63. The zero-order valence-corrected chi connectivity index (χ0v) is 13.1. The van der Waals surface area contributed by atoms with E-state index in [1.807, 2.05) is 0 Å². The Morgan fingerprint density at radius 2 is 1.86 bits per heavy atom. The Hall–Kier alpha value is -1.53. The molecule has 0 atom stereocenters. The van der Waals surface area contributed by atoms with Crippen LogP contribution in [0.25, 0.3) is 11.3 Å². The number of rotatable bonds is 3. The van der Waals surface area contributed by atoms with Crippen LogP contribution in [0.2, 0.25) is 5.02 Å². The van der Waals surface area contributed by atoms with Crippen LogP contribution in [0.5, 0.6) is 0 Å². The molecular formula is C15H13ClF2N2OS. The molecule has 1 saturated heterocycles. The van der Waals surface area contributed by atoms with Crippen LogP contribution in [0.4, 0.5) is 8.78 Å². The van der Waals surface area contributed by atoms with Crippen LogP contribution in [0.15, 0.2) is 29.6 Å². The topological polar surface area (TPSA) is 33.2 Å². The number of carbonyl (C=O) groups excluding carboxylic acids is 1. The highest BCUT2D eigenvalue weighted by Gasteiger charge is 2.47. The first-order valence-corrected chi connectivity index (χ1v) is 8.13. The number of alkyl halides is 2. The van der Waals surface area contributed by atoms with Gasteiger partial charge in [-0.15, -0.1) is 11.3 Å². The molecule has 2 heterocycles. The third kappa shape index (κ3) is 2.85. The third-order valence-electron chi connectivity index (χ3n) is 3.57. The fourth-order valence-corrected chi connectivity index (χ4v) is 3.31. The lowest BCUT2D eigenvalue weighted by molar-refractivity contribution is -0.157. The molecule has 0 unspecified atom stereocenters. The van der Waals surface area contributed by atoms with E-state index in [0.717, 1.165) is 24.2 Å². The zero-order chi connectivity index (χ0) is 15.7. The van der Waals surface area contributed by atoms with Crippen molar-refractivity contribution >= 4 is 28.8 Å². The minimum absolute atomic E-state index is 0.393. The summed E-state index contributed by atoms with van der Waals surface area (Å²) in [6, 6.07) is 6.76. The largest absolute Gasteiger partial charge is 0.375 e. The third-order valence-corrected chi connectivity index (χ3v) is 4.74. The van der Waals surface area contributed by atoms with Crippen LogP contribution in [-0.4, -0.2) is 28.9 Å². The van der Waals surface area contributed by atoms with Crippen molar-refractivity contribution < 1.29 is 13.6 Å².